The lowest BCUT2D eigenvalue weighted by Gasteiger charge is -2.14. The van der Waals surface area contributed by atoms with E-state index in [-0.39, 0.29) is 5.78 Å². The van der Waals surface area contributed by atoms with Gasteiger partial charge in [0.05, 0.1) is 0 Å². The molecule has 0 saturated heterocycles. The summed E-state index contributed by atoms with van der Waals surface area (Å²) in [5, 5.41) is 0. The van der Waals surface area contributed by atoms with Gasteiger partial charge < -0.3 is 9.30 Å². The number of carbonyl (C=O) groups is 2. The van der Waals surface area contributed by atoms with Gasteiger partial charge in [-0.1, -0.05) is 17.7 Å². The summed E-state index contributed by atoms with van der Waals surface area (Å²) in [6.07, 6.45) is 0.946. The molecule has 0 saturated carbocycles. The van der Waals surface area contributed by atoms with Crippen LogP contribution >= 0.6 is 0 Å². The van der Waals surface area contributed by atoms with Crippen LogP contribution in [-0.4, -0.2) is 22.4 Å². The molecule has 2 rings (SSSR count). The Labute approximate surface area is 124 Å². The van der Waals surface area contributed by atoms with Crippen LogP contribution in [0.25, 0.3) is 0 Å². The predicted molar refractivity (Wildman–Crippen MR) is 80.5 cm³/mol. The quantitative estimate of drug-likeness (QED) is 0.640. The number of hydrogen-bond acceptors (Lipinski definition) is 3. The first kappa shape index (κ1) is 15.0. The molecular weight excluding hydrogens is 266 g/mol. The standard InChI is InChI=1S/C17H19NO3/c1-11-7-8-12(2)14(10-11)16(19)13(3)21-17(20)15-6-5-9-18(15)4/h5-10,13H,1-4H3/t13-/m0/s1. The van der Waals surface area contributed by atoms with Crippen molar-refractivity contribution < 1.29 is 14.3 Å². The van der Waals surface area contributed by atoms with Crippen molar-refractivity contribution in [3.63, 3.8) is 0 Å². The van der Waals surface area contributed by atoms with E-state index in [9.17, 15) is 9.59 Å². The monoisotopic (exact) mass is 285 g/mol. The summed E-state index contributed by atoms with van der Waals surface area (Å²) < 4.78 is 6.94. The van der Waals surface area contributed by atoms with Gasteiger partial charge in [0.15, 0.2) is 6.10 Å². The van der Waals surface area contributed by atoms with Crippen molar-refractivity contribution in [2.75, 3.05) is 0 Å². The van der Waals surface area contributed by atoms with Gasteiger partial charge in [-0.2, -0.15) is 0 Å². The summed E-state index contributed by atoms with van der Waals surface area (Å²) in [7, 11) is 1.76. The van der Waals surface area contributed by atoms with Gasteiger partial charge in [0.25, 0.3) is 0 Å². The van der Waals surface area contributed by atoms with Crippen molar-refractivity contribution in [2.24, 2.45) is 7.05 Å². The Morgan fingerprint density at radius 2 is 1.90 bits per heavy atom. The Morgan fingerprint density at radius 1 is 1.19 bits per heavy atom. The molecule has 0 spiro atoms. The first-order valence-electron chi connectivity index (χ1n) is 6.84. The molecule has 2 aromatic rings. The van der Waals surface area contributed by atoms with Crippen LogP contribution < -0.4 is 0 Å². The molecular formula is C17H19NO3. The number of aryl methyl sites for hydroxylation is 3. The third-order valence-corrected chi connectivity index (χ3v) is 3.46. The molecule has 0 N–H and O–H groups in total. The smallest absolute Gasteiger partial charge is 0.355 e. The van der Waals surface area contributed by atoms with Gasteiger partial charge in [-0.15, -0.1) is 0 Å². The molecule has 21 heavy (non-hydrogen) atoms. The predicted octanol–water partition coefficient (Wildman–Crippen LogP) is 3.07. The van der Waals surface area contributed by atoms with Crippen molar-refractivity contribution in [3.05, 3.63) is 58.9 Å². The summed E-state index contributed by atoms with van der Waals surface area (Å²) in [5.74, 6) is -0.674. The number of ketones is 1. The van der Waals surface area contributed by atoms with E-state index < -0.39 is 12.1 Å². The van der Waals surface area contributed by atoms with Gasteiger partial charge in [-0.3, -0.25) is 4.79 Å². The summed E-state index contributed by atoms with van der Waals surface area (Å²) in [5.41, 5.74) is 2.91. The van der Waals surface area contributed by atoms with Crippen LogP contribution in [0.3, 0.4) is 0 Å². The van der Waals surface area contributed by atoms with Gasteiger partial charge in [-0.05, 0) is 44.5 Å². The number of rotatable bonds is 4. The first-order chi connectivity index (χ1) is 9.90. The van der Waals surface area contributed by atoms with E-state index >= 15 is 0 Å². The Kier molecular flexibility index (Phi) is 4.26. The highest BCUT2D eigenvalue weighted by Gasteiger charge is 2.22. The van der Waals surface area contributed by atoms with Crippen LogP contribution in [0.2, 0.25) is 0 Å². The normalized spacial score (nSPS) is 12.0. The van der Waals surface area contributed by atoms with Crippen LogP contribution in [0.15, 0.2) is 36.5 Å². The van der Waals surface area contributed by atoms with Gasteiger partial charge >= 0.3 is 5.97 Å². The van der Waals surface area contributed by atoms with Gasteiger partial charge in [0.1, 0.15) is 5.69 Å². The fourth-order valence-electron chi connectivity index (χ4n) is 2.17. The highest BCUT2D eigenvalue weighted by atomic mass is 16.5. The molecule has 110 valence electrons. The number of hydrogen-bond donors (Lipinski definition) is 0. The zero-order valence-corrected chi connectivity index (χ0v) is 12.7. The van der Waals surface area contributed by atoms with Crippen LogP contribution in [0.1, 0.15) is 38.9 Å². The molecule has 4 nitrogen and oxygen atoms in total. The second-order valence-electron chi connectivity index (χ2n) is 5.23. The molecule has 0 aliphatic rings. The second kappa shape index (κ2) is 5.95. The number of benzene rings is 1. The Bertz CT molecular complexity index is 685. The number of ether oxygens (including phenoxy) is 1. The Hall–Kier alpha value is -2.36. The number of carbonyl (C=O) groups excluding carboxylic acids is 2. The fraction of sp³-hybridized carbons (Fsp3) is 0.294. The van der Waals surface area contributed by atoms with E-state index in [1.165, 1.54) is 0 Å². The van der Waals surface area contributed by atoms with Crippen molar-refractivity contribution in [1.82, 2.24) is 4.57 Å². The molecule has 0 aliphatic heterocycles. The maximum atomic E-state index is 12.4. The van der Waals surface area contributed by atoms with Crippen molar-refractivity contribution in [3.8, 4) is 0 Å². The van der Waals surface area contributed by atoms with E-state index in [0.29, 0.717) is 11.3 Å². The number of aromatic nitrogens is 1. The van der Waals surface area contributed by atoms with E-state index in [1.807, 2.05) is 32.0 Å². The van der Waals surface area contributed by atoms with Crippen LogP contribution in [-0.2, 0) is 11.8 Å². The molecule has 0 radical (unpaired) electrons. The third-order valence-electron chi connectivity index (χ3n) is 3.46. The van der Waals surface area contributed by atoms with Crippen molar-refractivity contribution >= 4 is 11.8 Å². The number of Topliss-reactive ketones (excluding diaryl/α,β-unsaturated/α-hetero) is 1. The fourth-order valence-corrected chi connectivity index (χ4v) is 2.17. The Morgan fingerprint density at radius 3 is 2.52 bits per heavy atom. The van der Waals surface area contributed by atoms with Crippen LogP contribution in [0, 0.1) is 13.8 Å². The molecule has 1 heterocycles. The summed E-state index contributed by atoms with van der Waals surface area (Å²) in [4.78, 5) is 24.5. The molecule has 1 aromatic heterocycles. The van der Waals surface area contributed by atoms with Crippen LogP contribution in [0.4, 0.5) is 0 Å². The summed E-state index contributed by atoms with van der Waals surface area (Å²) in [6, 6.07) is 9.09. The maximum Gasteiger partial charge on any atom is 0.355 e. The number of esters is 1. The third kappa shape index (κ3) is 3.21. The lowest BCUT2D eigenvalue weighted by atomic mass is 9.99. The zero-order valence-electron chi connectivity index (χ0n) is 12.7. The molecule has 0 aliphatic carbocycles. The van der Waals surface area contributed by atoms with Crippen molar-refractivity contribution in [1.29, 1.82) is 0 Å². The average Bonchev–Trinajstić information content (AvgIpc) is 2.87. The molecule has 4 heteroatoms. The minimum Gasteiger partial charge on any atom is -0.450 e. The van der Waals surface area contributed by atoms with E-state index in [0.717, 1.165) is 11.1 Å². The minimum atomic E-state index is -0.812. The molecule has 0 fully saturated rings. The zero-order chi connectivity index (χ0) is 15.6. The lowest BCUT2D eigenvalue weighted by Crippen LogP contribution is -2.26. The SMILES string of the molecule is Cc1ccc(C)c(C(=O)[C@H](C)OC(=O)c2cccn2C)c1. The topological polar surface area (TPSA) is 48.3 Å². The highest BCUT2D eigenvalue weighted by Crippen LogP contribution is 2.15. The second-order valence-corrected chi connectivity index (χ2v) is 5.23. The molecule has 1 aromatic carbocycles. The number of nitrogens with zero attached hydrogens (tertiary/aromatic N) is 1. The van der Waals surface area contributed by atoms with Gasteiger partial charge in [-0.25, -0.2) is 4.79 Å². The molecule has 0 bridgehead atoms. The maximum absolute atomic E-state index is 12.4. The molecule has 0 amide bonds. The van der Waals surface area contributed by atoms with E-state index in [1.54, 1.807) is 36.9 Å². The van der Waals surface area contributed by atoms with E-state index in [4.69, 9.17) is 4.74 Å². The van der Waals surface area contributed by atoms with Gasteiger partial charge in [0, 0.05) is 18.8 Å². The lowest BCUT2D eigenvalue weighted by molar-refractivity contribution is 0.0309. The van der Waals surface area contributed by atoms with Gasteiger partial charge in [0.2, 0.25) is 5.78 Å². The van der Waals surface area contributed by atoms with Crippen molar-refractivity contribution in [2.45, 2.75) is 26.9 Å². The average molecular weight is 285 g/mol. The largest absolute Gasteiger partial charge is 0.450 e. The highest BCUT2D eigenvalue weighted by molar-refractivity contribution is 6.02. The van der Waals surface area contributed by atoms with E-state index in [2.05, 4.69) is 0 Å². The summed E-state index contributed by atoms with van der Waals surface area (Å²) >= 11 is 0. The molecule has 1 atom stereocenters. The summed E-state index contributed by atoms with van der Waals surface area (Å²) in [6.45, 7) is 5.40. The first-order valence-corrected chi connectivity index (χ1v) is 6.84. The molecule has 0 unspecified atom stereocenters. The Balaban J connectivity index is 2.15. The van der Waals surface area contributed by atoms with Crippen LogP contribution in [0.5, 0.6) is 0 Å². The minimum absolute atomic E-state index is 0.182.